The molecule has 0 aromatic heterocycles. The van der Waals surface area contributed by atoms with E-state index in [1.807, 2.05) is 30.3 Å². The maximum absolute atomic E-state index is 11.8. The number of hydrogen-bond acceptors (Lipinski definition) is 6. The summed E-state index contributed by atoms with van der Waals surface area (Å²) in [5, 5.41) is 3.34. The number of nitrogens with one attached hydrogen (secondary N) is 1. The Morgan fingerprint density at radius 1 is 0.913 bits per heavy atom. The number of thioether (sulfide) groups is 1. The Kier molecular flexibility index (Phi) is 3.31. The summed E-state index contributed by atoms with van der Waals surface area (Å²) in [5.74, 6) is -0.0573. The van der Waals surface area contributed by atoms with Crippen molar-refractivity contribution in [1.29, 1.82) is 0 Å². The Hall–Kier alpha value is -2.73. The highest BCUT2D eigenvalue weighted by Gasteiger charge is 2.24. The number of fused-ring (bicyclic) bond motifs is 4. The number of carbonyl (C=O) groups is 2. The van der Waals surface area contributed by atoms with Crippen LogP contribution < -0.4 is 14.8 Å². The molecule has 0 atom stereocenters. The molecule has 2 aliphatic rings. The van der Waals surface area contributed by atoms with Crippen LogP contribution in [0.4, 0.5) is 11.4 Å². The Bertz CT molecular complexity index is 860. The van der Waals surface area contributed by atoms with Gasteiger partial charge in [-0.15, -0.1) is 11.8 Å². The van der Waals surface area contributed by atoms with Crippen LogP contribution in [0.2, 0.25) is 0 Å². The van der Waals surface area contributed by atoms with Crippen molar-refractivity contribution in [3.05, 3.63) is 54.1 Å². The first kappa shape index (κ1) is 13.9. The van der Waals surface area contributed by atoms with Crippen LogP contribution in [0.25, 0.3) is 0 Å². The van der Waals surface area contributed by atoms with Crippen molar-refractivity contribution in [3.8, 4) is 11.5 Å². The van der Waals surface area contributed by atoms with E-state index in [0.29, 0.717) is 5.75 Å². The van der Waals surface area contributed by atoms with E-state index in [9.17, 15) is 9.59 Å². The smallest absolute Gasteiger partial charge is 0.336 e. The maximum atomic E-state index is 11.8. The molecule has 2 aromatic carbocycles. The molecule has 114 valence electrons. The van der Waals surface area contributed by atoms with Crippen molar-refractivity contribution < 1.29 is 19.1 Å². The van der Waals surface area contributed by atoms with E-state index >= 15 is 0 Å². The summed E-state index contributed by atoms with van der Waals surface area (Å²) < 4.78 is 10.6. The Morgan fingerprint density at radius 3 is 2.57 bits per heavy atom. The molecule has 6 heteroatoms. The first-order valence-electron chi connectivity index (χ1n) is 6.97. The van der Waals surface area contributed by atoms with Crippen molar-refractivity contribution >= 4 is 35.1 Å². The zero-order valence-corrected chi connectivity index (χ0v) is 12.7. The van der Waals surface area contributed by atoms with Gasteiger partial charge in [-0.1, -0.05) is 12.1 Å². The minimum absolute atomic E-state index is 0.250. The lowest BCUT2D eigenvalue weighted by atomic mass is 10.1. The molecule has 23 heavy (non-hydrogen) atoms. The topological polar surface area (TPSA) is 64.6 Å². The second-order valence-corrected chi connectivity index (χ2v) is 6.02. The van der Waals surface area contributed by atoms with E-state index in [4.69, 9.17) is 9.47 Å². The molecule has 2 aliphatic heterocycles. The summed E-state index contributed by atoms with van der Waals surface area (Å²) in [6.45, 7) is 0. The van der Waals surface area contributed by atoms with Gasteiger partial charge in [0.15, 0.2) is 11.5 Å². The summed E-state index contributed by atoms with van der Waals surface area (Å²) in [5.41, 5.74) is 2.61. The first-order valence-corrected chi connectivity index (χ1v) is 7.96. The van der Waals surface area contributed by atoms with Gasteiger partial charge in [0.2, 0.25) is 0 Å². The summed E-state index contributed by atoms with van der Waals surface area (Å²) in [7, 11) is 0. The van der Waals surface area contributed by atoms with E-state index in [1.165, 1.54) is 0 Å². The minimum Gasteiger partial charge on any atom is -0.419 e. The average Bonchev–Trinajstić information content (AvgIpc) is 2.73. The quantitative estimate of drug-likeness (QED) is 0.591. The van der Waals surface area contributed by atoms with Gasteiger partial charge < -0.3 is 14.8 Å². The molecule has 0 unspecified atom stereocenters. The van der Waals surface area contributed by atoms with Gasteiger partial charge in [-0.05, 0) is 24.3 Å². The van der Waals surface area contributed by atoms with Crippen molar-refractivity contribution in [2.24, 2.45) is 0 Å². The Morgan fingerprint density at radius 2 is 1.70 bits per heavy atom. The fourth-order valence-corrected chi connectivity index (χ4v) is 3.50. The van der Waals surface area contributed by atoms with Crippen LogP contribution in [0.5, 0.6) is 11.5 Å². The molecule has 0 bridgehead atoms. The lowest BCUT2D eigenvalue weighted by molar-refractivity contribution is -0.133. The predicted molar refractivity (Wildman–Crippen MR) is 86.1 cm³/mol. The third-order valence-corrected chi connectivity index (χ3v) is 4.62. The predicted octanol–water partition coefficient (Wildman–Crippen LogP) is 3.42. The third-order valence-electron chi connectivity index (χ3n) is 3.52. The molecule has 1 N–H and O–H groups in total. The van der Waals surface area contributed by atoms with Crippen molar-refractivity contribution in [1.82, 2.24) is 0 Å². The first-order chi connectivity index (χ1) is 11.2. The van der Waals surface area contributed by atoms with Gasteiger partial charge in [-0.25, -0.2) is 9.59 Å². The molecule has 0 saturated heterocycles. The van der Waals surface area contributed by atoms with Crippen LogP contribution in [0, 0.1) is 0 Å². The molecular weight excluding hydrogens is 314 g/mol. The number of ether oxygens (including phenoxy) is 2. The molecule has 0 fully saturated rings. The fourth-order valence-electron chi connectivity index (χ4n) is 2.46. The molecule has 0 radical (unpaired) electrons. The second-order valence-electron chi connectivity index (χ2n) is 5.00. The van der Waals surface area contributed by atoms with E-state index < -0.39 is 11.9 Å². The highest BCUT2D eigenvalue weighted by atomic mass is 32.2. The van der Waals surface area contributed by atoms with Gasteiger partial charge in [0.25, 0.3) is 0 Å². The summed E-state index contributed by atoms with van der Waals surface area (Å²) in [6.07, 6.45) is 2.12. The molecular formula is C17H11NO4S. The van der Waals surface area contributed by atoms with Gasteiger partial charge >= 0.3 is 11.9 Å². The standard InChI is InChI=1S/C17H11NO4S/c19-15-7-8-16(20)22-17-10-9-23-14-4-2-1-3-12(14)18-11(10)5-6-13(17)21-15/h1-8,18H,9H2/b8-7-. The molecule has 2 heterocycles. The molecule has 2 aromatic rings. The number of rotatable bonds is 0. The van der Waals surface area contributed by atoms with Gasteiger partial charge in [-0.3, -0.25) is 0 Å². The number of para-hydroxylation sites is 1. The van der Waals surface area contributed by atoms with Crippen LogP contribution in [0.15, 0.2) is 53.4 Å². The molecule has 0 amide bonds. The second kappa shape index (κ2) is 5.48. The lowest BCUT2D eigenvalue weighted by Gasteiger charge is -2.17. The summed E-state index contributed by atoms with van der Waals surface area (Å²) >= 11 is 1.63. The number of benzene rings is 2. The Balaban J connectivity index is 1.82. The minimum atomic E-state index is -0.597. The largest absolute Gasteiger partial charge is 0.419 e. The van der Waals surface area contributed by atoms with Gasteiger partial charge in [0.1, 0.15) is 0 Å². The zero-order valence-electron chi connectivity index (χ0n) is 11.9. The normalized spacial score (nSPS) is 17.0. The van der Waals surface area contributed by atoms with Crippen LogP contribution >= 0.6 is 11.8 Å². The van der Waals surface area contributed by atoms with E-state index in [-0.39, 0.29) is 11.5 Å². The maximum Gasteiger partial charge on any atom is 0.336 e. The zero-order chi connectivity index (χ0) is 15.8. The van der Waals surface area contributed by atoms with Gasteiger partial charge in [0, 0.05) is 34.1 Å². The van der Waals surface area contributed by atoms with Crippen molar-refractivity contribution in [2.75, 3.05) is 5.32 Å². The molecule has 4 rings (SSSR count). The van der Waals surface area contributed by atoms with Crippen LogP contribution in [-0.4, -0.2) is 11.9 Å². The SMILES string of the molecule is O=C1/C=C\C(=O)Oc2c(ccc3c2CSc2ccccc2N3)O1. The van der Waals surface area contributed by atoms with Gasteiger partial charge in [0.05, 0.1) is 5.69 Å². The highest BCUT2D eigenvalue weighted by molar-refractivity contribution is 7.98. The molecule has 0 aliphatic carbocycles. The van der Waals surface area contributed by atoms with E-state index in [2.05, 4.69) is 5.32 Å². The van der Waals surface area contributed by atoms with Gasteiger partial charge in [-0.2, -0.15) is 0 Å². The number of esters is 2. The van der Waals surface area contributed by atoms with E-state index in [1.54, 1.807) is 17.8 Å². The van der Waals surface area contributed by atoms with Crippen LogP contribution in [0.3, 0.4) is 0 Å². The van der Waals surface area contributed by atoms with Crippen molar-refractivity contribution in [3.63, 3.8) is 0 Å². The van der Waals surface area contributed by atoms with Crippen molar-refractivity contribution in [2.45, 2.75) is 10.6 Å². The number of hydrogen-bond donors (Lipinski definition) is 1. The lowest BCUT2D eigenvalue weighted by Crippen LogP contribution is -2.15. The monoisotopic (exact) mass is 325 g/mol. The molecule has 0 saturated carbocycles. The van der Waals surface area contributed by atoms with Crippen LogP contribution in [-0.2, 0) is 15.3 Å². The number of anilines is 2. The summed E-state index contributed by atoms with van der Waals surface area (Å²) in [4.78, 5) is 24.5. The van der Waals surface area contributed by atoms with E-state index in [0.717, 1.165) is 34.0 Å². The number of carbonyl (C=O) groups excluding carboxylic acids is 2. The average molecular weight is 325 g/mol. The van der Waals surface area contributed by atoms with Crippen LogP contribution in [0.1, 0.15) is 5.56 Å². The third kappa shape index (κ3) is 2.57. The molecule has 0 spiro atoms. The molecule has 5 nitrogen and oxygen atoms in total. The Labute approximate surface area is 136 Å². The summed E-state index contributed by atoms with van der Waals surface area (Å²) in [6, 6.07) is 11.4. The highest BCUT2D eigenvalue weighted by Crippen LogP contribution is 2.45. The fraction of sp³-hybridized carbons (Fsp3) is 0.0588.